The van der Waals surface area contributed by atoms with Crippen molar-refractivity contribution in [1.29, 1.82) is 0 Å². The maximum Gasteiger partial charge on any atom is 0.325 e. The highest BCUT2D eigenvalue weighted by Crippen LogP contribution is 2.29. The van der Waals surface area contributed by atoms with E-state index >= 15 is 0 Å². The number of aliphatic imine (C=N–C) groups is 1. The molecular formula is C17H11N3O3S. The first-order valence-electron chi connectivity index (χ1n) is 7.11. The molecule has 0 unspecified atom stereocenters. The lowest BCUT2D eigenvalue weighted by molar-refractivity contribution is -0.115. The van der Waals surface area contributed by atoms with Gasteiger partial charge in [-0.2, -0.15) is 9.98 Å². The Morgan fingerprint density at radius 3 is 2.92 bits per heavy atom. The largest absolute Gasteiger partial charge is 0.508 e. The van der Waals surface area contributed by atoms with E-state index in [2.05, 4.69) is 15.3 Å². The molecule has 118 valence electrons. The highest BCUT2D eigenvalue weighted by Gasteiger charge is 2.24. The van der Waals surface area contributed by atoms with Crippen molar-refractivity contribution in [1.82, 2.24) is 10.3 Å². The predicted molar refractivity (Wildman–Crippen MR) is 92.9 cm³/mol. The first kappa shape index (κ1) is 14.5. The molecular weight excluding hydrogens is 326 g/mol. The van der Waals surface area contributed by atoms with E-state index in [4.69, 9.17) is 4.42 Å². The number of phenolic OH excluding ortho intramolecular Hbond substituents is 1. The Hall–Kier alpha value is -3.06. The minimum absolute atomic E-state index is 0.146. The maximum absolute atomic E-state index is 12.0. The summed E-state index contributed by atoms with van der Waals surface area (Å²) in [6.07, 6.45) is 1.69. The number of nitrogens with one attached hydrogen (secondary N) is 1. The Kier molecular flexibility index (Phi) is 3.55. The number of amidine groups is 1. The molecule has 1 saturated heterocycles. The molecule has 0 radical (unpaired) electrons. The van der Waals surface area contributed by atoms with E-state index in [0.717, 1.165) is 5.56 Å². The van der Waals surface area contributed by atoms with Crippen molar-refractivity contribution < 1.29 is 14.3 Å². The Morgan fingerprint density at radius 1 is 1.21 bits per heavy atom. The van der Waals surface area contributed by atoms with Gasteiger partial charge in [0.25, 0.3) is 5.91 Å². The number of phenols is 1. The summed E-state index contributed by atoms with van der Waals surface area (Å²) in [6.45, 7) is 0. The van der Waals surface area contributed by atoms with E-state index < -0.39 is 0 Å². The topological polar surface area (TPSA) is 87.7 Å². The number of fused-ring (bicyclic) bond motifs is 1. The number of carbonyl (C=O) groups excluding carboxylic acids is 1. The summed E-state index contributed by atoms with van der Waals surface area (Å²) in [5.41, 5.74) is 2.08. The Bertz CT molecular complexity index is 974. The van der Waals surface area contributed by atoms with Crippen LogP contribution in [-0.2, 0) is 4.79 Å². The van der Waals surface area contributed by atoms with Gasteiger partial charge in [0.15, 0.2) is 10.8 Å². The van der Waals surface area contributed by atoms with Gasteiger partial charge in [0, 0.05) is 0 Å². The van der Waals surface area contributed by atoms with Crippen LogP contribution in [0, 0.1) is 0 Å². The van der Waals surface area contributed by atoms with Crippen LogP contribution in [0.25, 0.3) is 17.2 Å². The van der Waals surface area contributed by atoms with E-state index in [1.165, 1.54) is 11.8 Å². The van der Waals surface area contributed by atoms with Gasteiger partial charge in [-0.25, -0.2) is 0 Å². The third-order valence-corrected chi connectivity index (χ3v) is 4.21. The van der Waals surface area contributed by atoms with Crippen molar-refractivity contribution in [2.75, 3.05) is 0 Å². The molecule has 4 rings (SSSR count). The van der Waals surface area contributed by atoms with Gasteiger partial charge in [0.2, 0.25) is 0 Å². The second-order valence-corrected chi connectivity index (χ2v) is 6.07. The quantitative estimate of drug-likeness (QED) is 0.700. The lowest BCUT2D eigenvalue weighted by atomic mass is 10.2. The summed E-state index contributed by atoms with van der Waals surface area (Å²) in [7, 11) is 0. The van der Waals surface area contributed by atoms with Crippen LogP contribution in [0.2, 0.25) is 0 Å². The van der Waals surface area contributed by atoms with Crippen LogP contribution in [0.5, 0.6) is 5.75 Å². The first-order chi connectivity index (χ1) is 11.7. The van der Waals surface area contributed by atoms with Gasteiger partial charge in [0.05, 0.1) is 4.91 Å². The fraction of sp³-hybridized carbons (Fsp3) is 0. The van der Waals surface area contributed by atoms with Gasteiger partial charge in [-0.3, -0.25) is 4.79 Å². The van der Waals surface area contributed by atoms with Gasteiger partial charge < -0.3 is 14.8 Å². The van der Waals surface area contributed by atoms with Crippen LogP contribution in [0.4, 0.5) is 6.01 Å². The van der Waals surface area contributed by atoms with E-state index in [9.17, 15) is 9.90 Å². The zero-order valence-corrected chi connectivity index (χ0v) is 13.1. The zero-order chi connectivity index (χ0) is 16.5. The van der Waals surface area contributed by atoms with E-state index in [-0.39, 0.29) is 17.7 Å². The molecule has 2 aromatic carbocycles. The van der Waals surface area contributed by atoms with E-state index in [0.29, 0.717) is 21.2 Å². The van der Waals surface area contributed by atoms with Crippen molar-refractivity contribution >= 4 is 46.0 Å². The number of hydrogen-bond donors (Lipinski definition) is 2. The third kappa shape index (κ3) is 2.89. The van der Waals surface area contributed by atoms with Crippen LogP contribution >= 0.6 is 11.8 Å². The molecule has 2 N–H and O–H groups in total. The third-order valence-electron chi connectivity index (χ3n) is 3.30. The standard InChI is InChI=1S/C17H11N3O3S/c21-11-5-3-4-10(8-11)9-14-15(22)19-17(24-14)20-16-18-12-6-1-2-7-13(12)23-16/h1-9,21H,(H,18,19,20,22)/b14-9+. The molecule has 3 aromatic rings. The molecule has 7 heteroatoms. The summed E-state index contributed by atoms with van der Waals surface area (Å²) in [5.74, 6) is -0.105. The number of benzene rings is 2. The summed E-state index contributed by atoms with van der Waals surface area (Å²) < 4.78 is 5.52. The number of hydrogen-bond acceptors (Lipinski definition) is 6. The molecule has 1 fully saturated rings. The van der Waals surface area contributed by atoms with Crippen molar-refractivity contribution in [3.63, 3.8) is 0 Å². The number of carbonyl (C=O) groups is 1. The number of oxazole rings is 1. The van der Waals surface area contributed by atoms with Gasteiger partial charge in [-0.1, -0.05) is 24.3 Å². The molecule has 0 atom stereocenters. The number of para-hydroxylation sites is 2. The minimum atomic E-state index is -0.252. The van der Waals surface area contributed by atoms with Crippen LogP contribution < -0.4 is 5.32 Å². The van der Waals surface area contributed by atoms with E-state index in [1.807, 2.05) is 18.2 Å². The highest BCUT2D eigenvalue weighted by atomic mass is 32.2. The molecule has 1 aromatic heterocycles. The second kappa shape index (κ2) is 5.86. The predicted octanol–water partition coefficient (Wildman–Crippen LogP) is 3.43. The SMILES string of the molecule is O=C1N/C(=N\c2nc3ccccc3o2)S/C1=C/c1cccc(O)c1. The molecule has 24 heavy (non-hydrogen) atoms. The average Bonchev–Trinajstić information content (AvgIpc) is 3.10. The smallest absolute Gasteiger partial charge is 0.325 e. The monoisotopic (exact) mass is 337 g/mol. The lowest BCUT2D eigenvalue weighted by Crippen LogP contribution is -2.19. The van der Waals surface area contributed by atoms with Crippen LogP contribution in [0.15, 0.2) is 62.8 Å². The molecule has 1 amide bonds. The van der Waals surface area contributed by atoms with E-state index in [1.54, 1.807) is 36.4 Å². The van der Waals surface area contributed by atoms with Gasteiger partial charge in [-0.05, 0) is 47.7 Å². The molecule has 6 nitrogen and oxygen atoms in total. The van der Waals surface area contributed by atoms with Crippen molar-refractivity contribution in [3.8, 4) is 5.75 Å². The fourth-order valence-corrected chi connectivity index (χ4v) is 3.06. The molecule has 0 bridgehead atoms. The van der Waals surface area contributed by atoms with Crippen molar-refractivity contribution in [3.05, 3.63) is 59.0 Å². The number of rotatable bonds is 2. The Labute approximate surface area is 140 Å². The summed E-state index contributed by atoms with van der Waals surface area (Å²) in [5, 5.41) is 12.6. The first-order valence-corrected chi connectivity index (χ1v) is 7.93. The summed E-state index contributed by atoms with van der Waals surface area (Å²) >= 11 is 1.19. The van der Waals surface area contributed by atoms with Crippen molar-refractivity contribution in [2.24, 2.45) is 4.99 Å². The maximum atomic E-state index is 12.0. The number of amides is 1. The minimum Gasteiger partial charge on any atom is -0.508 e. The number of aromatic hydroxyl groups is 1. The van der Waals surface area contributed by atoms with Gasteiger partial charge in [0.1, 0.15) is 11.3 Å². The van der Waals surface area contributed by atoms with Gasteiger partial charge in [-0.15, -0.1) is 0 Å². The van der Waals surface area contributed by atoms with Crippen molar-refractivity contribution in [2.45, 2.75) is 0 Å². The number of nitrogens with zero attached hydrogens (tertiary/aromatic N) is 2. The Balaban J connectivity index is 1.61. The normalized spacial score (nSPS) is 17.8. The molecule has 1 aliphatic heterocycles. The van der Waals surface area contributed by atoms with Crippen LogP contribution in [0.1, 0.15) is 5.56 Å². The lowest BCUT2D eigenvalue weighted by Gasteiger charge is -1.95. The molecule has 1 aliphatic rings. The molecule has 0 aliphatic carbocycles. The second-order valence-electron chi connectivity index (χ2n) is 5.04. The fourth-order valence-electron chi connectivity index (χ4n) is 2.24. The number of aromatic nitrogens is 1. The Morgan fingerprint density at radius 2 is 2.08 bits per heavy atom. The average molecular weight is 337 g/mol. The number of thioether (sulfide) groups is 1. The highest BCUT2D eigenvalue weighted by molar-refractivity contribution is 8.18. The molecule has 0 saturated carbocycles. The zero-order valence-electron chi connectivity index (χ0n) is 12.3. The summed E-state index contributed by atoms with van der Waals surface area (Å²) in [4.78, 5) is 21.0. The van der Waals surface area contributed by atoms with Gasteiger partial charge >= 0.3 is 6.01 Å². The van der Waals surface area contributed by atoms with Crippen LogP contribution in [0.3, 0.4) is 0 Å². The van der Waals surface area contributed by atoms with Crippen LogP contribution in [-0.4, -0.2) is 21.2 Å². The molecule has 0 spiro atoms. The molecule has 2 heterocycles. The summed E-state index contributed by atoms with van der Waals surface area (Å²) in [6, 6.07) is 14.2.